The summed E-state index contributed by atoms with van der Waals surface area (Å²) in [6.07, 6.45) is 3.11. The lowest BCUT2D eigenvalue weighted by Crippen LogP contribution is -2.31. The summed E-state index contributed by atoms with van der Waals surface area (Å²) >= 11 is 0. The number of sulfonamides is 1. The van der Waals surface area contributed by atoms with E-state index in [0.29, 0.717) is 17.9 Å². The van der Waals surface area contributed by atoms with Crippen LogP contribution in [0.5, 0.6) is 0 Å². The van der Waals surface area contributed by atoms with Crippen molar-refractivity contribution < 1.29 is 8.42 Å². The van der Waals surface area contributed by atoms with Crippen molar-refractivity contribution >= 4 is 21.4 Å². The minimum Gasteiger partial charge on any atom is -0.323 e. The first-order chi connectivity index (χ1) is 9.61. The van der Waals surface area contributed by atoms with Gasteiger partial charge in [-0.2, -0.15) is 0 Å². The summed E-state index contributed by atoms with van der Waals surface area (Å²) in [7, 11) is -3.68. The van der Waals surface area contributed by atoms with E-state index >= 15 is 0 Å². The molecule has 0 spiro atoms. The van der Waals surface area contributed by atoms with Crippen molar-refractivity contribution in [2.24, 2.45) is 5.84 Å². The van der Waals surface area contributed by atoms with E-state index in [1.54, 1.807) is 49.6 Å². The summed E-state index contributed by atoms with van der Waals surface area (Å²) < 4.78 is 26.8. The third kappa shape index (κ3) is 2.59. The molecule has 0 radical (unpaired) electrons. The average Bonchev–Trinajstić information content (AvgIpc) is 2.48. The number of nitrogens with zero attached hydrogens (tertiary/aromatic N) is 2. The van der Waals surface area contributed by atoms with Gasteiger partial charge in [0.2, 0.25) is 0 Å². The van der Waals surface area contributed by atoms with Crippen molar-refractivity contribution in [3.05, 3.63) is 48.8 Å². The molecule has 2 rings (SSSR count). The highest BCUT2D eigenvalue weighted by Crippen LogP contribution is 2.27. The molecule has 0 fully saturated rings. The van der Waals surface area contributed by atoms with Gasteiger partial charge in [0.1, 0.15) is 4.90 Å². The number of para-hydroxylation sites is 1. The Hall–Kier alpha value is -2.12. The summed E-state index contributed by atoms with van der Waals surface area (Å²) in [5, 5.41) is 0. The van der Waals surface area contributed by atoms with Gasteiger partial charge in [0.25, 0.3) is 10.0 Å². The molecule has 6 nitrogen and oxygen atoms in total. The number of benzene rings is 1. The number of hydrogen-bond acceptors (Lipinski definition) is 5. The molecule has 106 valence electrons. The van der Waals surface area contributed by atoms with Gasteiger partial charge in [-0.05, 0) is 31.2 Å². The topological polar surface area (TPSA) is 88.3 Å². The third-order valence-electron chi connectivity index (χ3n) is 2.85. The molecule has 0 bridgehead atoms. The van der Waals surface area contributed by atoms with E-state index in [1.807, 2.05) is 0 Å². The van der Waals surface area contributed by atoms with Gasteiger partial charge in [-0.25, -0.2) is 8.42 Å². The van der Waals surface area contributed by atoms with Crippen LogP contribution in [-0.4, -0.2) is 19.9 Å². The van der Waals surface area contributed by atoms with Crippen molar-refractivity contribution in [2.45, 2.75) is 11.8 Å². The third-order valence-corrected chi connectivity index (χ3v) is 4.81. The Kier molecular flexibility index (Phi) is 4.21. The van der Waals surface area contributed by atoms with Gasteiger partial charge >= 0.3 is 0 Å². The van der Waals surface area contributed by atoms with Gasteiger partial charge in [0.15, 0.2) is 0 Å². The number of nitrogens with two attached hydrogens (primary N) is 1. The normalized spacial score (nSPS) is 11.1. The highest BCUT2D eigenvalue weighted by Gasteiger charge is 2.25. The van der Waals surface area contributed by atoms with Crippen molar-refractivity contribution in [3.8, 4) is 0 Å². The molecule has 1 aromatic heterocycles. The molecule has 0 unspecified atom stereocenters. The van der Waals surface area contributed by atoms with Crippen molar-refractivity contribution in [3.63, 3.8) is 0 Å². The molecular weight excluding hydrogens is 276 g/mol. The van der Waals surface area contributed by atoms with Crippen LogP contribution in [0.15, 0.2) is 53.7 Å². The lowest BCUT2D eigenvalue weighted by molar-refractivity contribution is 0.592. The molecule has 0 aliphatic carbocycles. The second-order valence-electron chi connectivity index (χ2n) is 4.02. The number of hydrogen-bond donors (Lipinski definition) is 2. The molecule has 1 heterocycles. The highest BCUT2D eigenvalue weighted by atomic mass is 32.2. The molecule has 3 N–H and O–H groups in total. The predicted octanol–water partition coefficient (Wildman–Crippen LogP) is 1.58. The monoisotopic (exact) mass is 292 g/mol. The predicted molar refractivity (Wildman–Crippen MR) is 78.7 cm³/mol. The lowest BCUT2D eigenvalue weighted by Gasteiger charge is -2.23. The maximum Gasteiger partial charge on any atom is 0.266 e. The van der Waals surface area contributed by atoms with E-state index in [4.69, 9.17) is 5.84 Å². The molecule has 1 aromatic carbocycles. The maximum atomic E-state index is 12.8. The summed E-state index contributed by atoms with van der Waals surface area (Å²) in [5.74, 6) is 5.38. The van der Waals surface area contributed by atoms with Crippen molar-refractivity contribution in [1.82, 2.24) is 4.98 Å². The van der Waals surface area contributed by atoms with E-state index in [2.05, 4.69) is 10.4 Å². The number of hydrazine groups is 1. The van der Waals surface area contributed by atoms with Crippen molar-refractivity contribution in [1.29, 1.82) is 0 Å². The number of anilines is 2. The Morgan fingerprint density at radius 1 is 1.20 bits per heavy atom. The zero-order valence-corrected chi connectivity index (χ0v) is 11.8. The molecule has 0 saturated heterocycles. The number of nitrogens with one attached hydrogen (secondary N) is 1. The van der Waals surface area contributed by atoms with Gasteiger partial charge in [-0.3, -0.25) is 15.1 Å². The van der Waals surface area contributed by atoms with Gasteiger partial charge in [-0.15, -0.1) is 0 Å². The summed E-state index contributed by atoms with van der Waals surface area (Å²) in [6.45, 7) is 2.09. The van der Waals surface area contributed by atoms with Crippen LogP contribution in [0.3, 0.4) is 0 Å². The van der Waals surface area contributed by atoms with Crippen LogP contribution in [-0.2, 0) is 10.0 Å². The van der Waals surface area contributed by atoms with Crippen LogP contribution >= 0.6 is 0 Å². The fraction of sp³-hybridized carbons (Fsp3) is 0.154. The van der Waals surface area contributed by atoms with E-state index in [0.717, 1.165) is 0 Å². The SMILES string of the molecule is CCN(c1ccncc1)S(=O)(=O)c1ccccc1NN. The number of nitrogen functional groups attached to an aromatic ring is 1. The zero-order chi connectivity index (χ0) is 14.6. The average molecular weight is 292 g/mol. The summed E-state index contributed by atoms with van der Waals surface area (Å²) in [4.78, 5) is 4.04. The quantitative estimate of drug-likeness (QED) is 0.645. The Morgan fingerprint density at radius 3 is 2.45 bits per heavy atom. The Labute approximate surface area is 118 Å². The van der Waals surface area contributed by atoms with Gasteiger partial charge in [0, 0.05) is 18.9 Å². The minimum atomic E-state index is -3.68. The summed E-state index contributed by atoms with van der Waals surface area (Å²) in [6, 6.07) is 9.83. The van der Waals surface area contributed by atoms with Crippen LogP contribution in [0.2, 0.25) is 0 Å². The molecule has 0 atom stereocenters. The molecule has 0 aliphatic rings. The Balaban J connectivity index is 2.53. The fourth-order valence-corrected chi connectivity index (χ4v) is 3.56. The molecule has 0 aliphatic heterocycles. The molecule has 0 amide bonds. The lowest BCUT2D eigenvalue weighted by atomic mass is 10.3. The number of rotatable bonds is 5. The van der Waals surface area contributed by atoms with E-state index < -0.39 is 10.0 Å². The van der Waals surface area contributed by atoms with Crippen molar-refractivity contribution in [2.75, 3.05) is 16.3 Å². The number of aromatic nitrogens is 1. The van der Waals surface area contributed by atoms with Gasteiger partial charge < -0.3 is 5.43 Å². The first-order valence-corrected chi connectivity index (χ1v) is 7.53. The van der Waals surface area contributed by atoms with Crippen LogP contribution in [0, 0.1) is 0 Å². The van der Waals surface area contributed by atoms with Gasteiger partial charge in [-0.1, -0.05) is 12.1 Å². The maximum absolute atomic E-state index is 12.8. The molecule has 0 saturated carbocycles. The largest absolute Gasteiger partial charge is 0.323 e. The Bertz CT molecular complexity index is 674. The van der Waals surface area contributed by atoms with Crippen LogP contribution in [0.25, 0.3) is 0 Å². The van der Waals surface area contributed by atoms with E-state index in [9.17, 15) is 8.42 Å². The zero-order valence-electron chi connectivity index (χ0n) is 11.0. The number of pyridine rings is 1. The minimum absolute atomic E-state index is 0.140. The molecular formula is C13H16N4O2S. The first-order valence-electron chi connectivity index (χ1n) is 6.09. The summed E-state index contributed by atoms with van der Waals surface area (Å²) in [5.41, 5.74) is 3.34. The molecule has 20 heavy (non-hydrogen) atoms. The smallest absolute Gasteiger partial charge is 0.266 e. The molecule has 2 aromatic rings. The standard InChI is InChI=1S/C13H16N4O2S/c1-2-17(11-7-9-15-10-8-11)20(18,19)13-6-4-3-5-12(13)16-14/h3-10,16H,2,14H2,1H3. The first kappa shape index (κ1) is 14.3. The fourth-order valence-electron chi connectivity index (χ4n) is 1.93. The van der Waals surface area contributed by atoms with Crippen LogP contribution < -0.4 is 15.6 Å². The van der Waals surface area contributed by atoms with E-state index in [1.165, 1.54) is 10.4 Å². The van der Waals surface area contributed by atoms with E-state index in [-0.39, 0.29) is 4.90 Å². The molecule has 7 heteroatoms. The highest BCUT2D eigenvalue weighted by molar-refractivity contribution is 7.93. The second kappa shape index (κ2) is 5.89. The second-order valence-corrected chi connectivity index (χ2v) is 5.85. The van der Waals surface area contributed by atoms with Crippen LogP contribution in [0.1, 0.15) is 6.92 Å². The van der Waals surface area contributed by atoms with Gasteiger partial charge in [0.05, 0.1) is 11.4 Å². The Morgan fingerprint density at radius 2 is 1.85 bits per heavy atom. The van der Waals surface area contributed by atoms with Crippen LogP contribution in [0.4, 0.5) is 11.4 Å².